The number of hydrogen-bond donors (Lipinski definition) is 3. The van der Waals surface area contributed by atoms with Gasteiger partial charge in [0.1, 0.15) is 12.3 Å². The number of aromatic amines is 1. The SMILES string of the molecule is COc1ccc(NC(=O)c2ccc(NC(=O)Cn3[nH]c(=O)c4ccccc4c3=O)cc2)cc1. The Morgan fingerprint density at radius 3 is 2.12 bits per heavy atom. The van der Waals surface area contributed by atoms with Gasteiger partial charge in [-0.05, 0) is 60.7 Å². The minimum absolute atomic E-state index is 0.237. The van der Waals surface area contributed by atoms with Crippen molar-refractivity contribution in [1.82, 2.24) is 9.78 Å². The van der Waals surface area contributed by atoms with Gasteiger partial charge in [-0.3, -0.25) is 24.3 Å². The van der Waals surface area contributed by atoms with Crippen LogP contribution in [0.3, 0.4) is 0 Å². The van der Waals surface area contributed by atoms with Crippen LogP contribution in [-0.2, 0) is 11.3 Å². The van der Waals surface area contributed by atoms with Crippen LogP contribution in [0.25, 0.3) is 10.8 Å². The molecule has 0 unspecified atom stereocenters. The summed E-state index contributed by atoms with van der Waals surface area (Å²) in [5.41, 5.74) is 0.542. The third-order valence-electron chi connectivity index (χ3n) is 4.96. The molecule has 4 rings (SSSR count). The number of anilines is 2. The summed E-state index contributed by atoms with van der Waals surface area (Å²) in [6, 6.07) is 19.6. The van der Waals surface area contributed by atoms with E-state index in [0.29, 0.717) is 22.7 Å². The zero-order valence-electron chi connectivity index (χ0n) is 17.6. The molecule has 0 bridgehead atoms. The number of carbonyl (C=O) groups excluding carboxylic acids is 2. The summed E-state index contributed by atoms with van der Waals surface area (Å²) in [6.07, 6.45) is 0. The number of carbonyl (C=O) groups is 2. The Labute approximate surface area is 187 Å². The molecule has 0 aliphatic heterocycles. The van der Waals surface area contributed by atoms with E-state index in [1.165, 1.54) is 6.07 Å². The van der Waals surface area contributed by atoms with Crippen LogP contribution in [0, 0.1) is 0 Å². The third-order valence-corrected chi connectivity index (χ3v) is 4.96. The molecule has 166 valence electrons. The van der Waals surface area contributed by atoms with Gasteiger partial charge in [-0.15, -0.1) is 0 Å². The molecule has 33 heavy (non-hydrogen) atoms. The van der Waals surface area contributed by atoms with E-state index < -0.39 is 17.0 Å². The second-order valence-corrected chi connectivity index (χ2v) is 7.19. The second kappa shape index (κ2) is 9.23. The first-order chi connectivity index (χ1) is 15.9. The quantitative estimate of drug-likeness (QED) is 0.422. The van der Waals surface area contributed by atoms with Gasteiger partial charge in [0.05, 0.1) is 17.9 Å². The summed E-state index contributed by atoms with van der Waals surface area (Å²) in [5.74, 6) is -0.125. The number of aromatic nitrogens is 2. The minimum Gasteiger partial charge on any atom is -0.497 e. The van der Waals surface area contributed by atoms with Crippen molar-refractivity contribution in [1.29, 1.82) is 0 Å². The monoisotopic (exact) mass is 444 g/mol. The lowest BCUT2D eigenvalue weighted by Crippen LogP contribution is -2.34. The lowest BCUT2D eigenvalue weighted by Gasteiger charge is -2.09. The van der Waals surface area contributed by atoms with Crippen molar-refractivity contribution in [2.24, 2.45) is 0 Å². The first-order valence-electron chi connectivity index (χ1n) is 10.0. The maximum atomic E-state index is 12.5. The van der Waals surface area contributed by atoms with E-state index in [1.807, 2.05) is 0 Å². The van der Waals surface area contributed by atoms with Gasteiger partial charge in [0.2, 0.25) is 5.91 Å². The summed E-state index contributed by atoms with van der Waals surface area (Å²) in [4.78, 5) is 49.5. The highest BCUT2D eigenvalue weighted by molar-refractivity contribution is 6.04. The van der Waals surface area contributed by atoms with Crippen molar-refractivity contribution in [3.8, 4) is 5.75 Å². The van der Waals surface area contributed by atoms with Crippen LogP contribution in [0.5, 0.6) is 5.75 Å². The van der Waals surface area contributed by atoms with Crippen molar-refractivity contribution in [3.05, 3.63) is 99.1 Å². The Morgan fingerprint density at radius 2 is 1.45 bits per heavy atom. The van der Waals surface area contributed by atoms with Crippen molar-refractivity contribution in [3.63, 3.8) is 0 Å². The van der Waals surface area contributed by atoms with Gasteiger partial charge in [-0.25, -0.2) is 4.68 Å². The Bertz CT molecular complexity index is 1440. The number of nitrogens with zero attached hydrogens (tertiary/aromatic N) is 1. The summed E-state index contributed by atoms with van der Waals surface area (Å²) in [6.45, 7) is -0.362. The highest BCUT2D eigenvalue weighted by atomic mass is 16.5. The minimum atomic E-state index is -0.501. The van der Waals surface area contributed by atoms with Crippen LogP contribution in [0.1, 0.15) is 10.4 Å². The number of fused-ring (bicyclic) bond motifs is 1. The van der Waals surface area contributed by atoms with Crippen LogP contribution in [0.15, 0.2) is 82.4 Å². The maximum absolute atomic E-state index is 12.5. The fourth-order valence-electron chi connectivity index (χ4n) is 3.28. The van der Waals surface area contributed by atoms with Crippen molar-refractivity contribution in [2.45, 2.75) is 6.54 Å². The highest BCUT2D eigenvalue weighted by Crippen LogP contribution is 2.17. The van der Waals surface area contributed by atoms with Gasteiger partial charge in [0, 0.05) is 16.9 Å². The number of nitrogens with one attached hydrogen (secondary N) is 3. The van der Waals surface area contributed by atoms with E-state index in [9.17, 15) is 19.2 Å². The van der Waals surface area contributed by atoms with Crippen molar-refractivity contribution in [2.75, 3.05) is 17.7 Å². The molecule has 4 aromatic rings. The molecule has 1 heterocycles. The van der Waals surface area contributed by atoms with Gasteiger partial charge in [-0.1, -0.05) is 12.1 Å². The van der Waals surface area contributed by atoms with Gasteiger partial charge in [0.25, 0.3) is 17.0 Å². The average molecular weight is 444 g/mol. The zero-order valence-corrected chi connectivity index (χ0v) is 17.6. The number of rotatable bonds is 6. The molecule has 0 fully saturated rings. The Balaban J connectivity index is 1.41. The number of methoxy groups -OCH3 is 1. The predicted molar refractivity (Wildman–Crippen MR) is 125 cm³/mol. The van der Waals surface area contributed by atoms with E-state index in [4.69, 9.17) is 4.74 Å². The van der Waals surface area contributed by atoms with E-state index in [-0.39, 0.29) is 23.2 Å². The predicted octanol–water partition coefficient (Wildman–Crippen LogP) is 2.59. The van der Waals surface area contributed by atoms with Crippen LogP contribution in [-0.4, -0.2) is 28.7 Å². The van der Waals surface area contributed by atoms with E-state index in [1.54, 1.807) is 73.8 Å². The number of H-pyrrole nitrogens is 1. The van der Waals surface area contributed by atoms with Crippen LogP contribution < -0.4 is 26.5 Å². The number of amides is 2. The molecule has 0 aliphatic rings. The third kappa shape index (κ3) is 4.82. The maximum Gasteiger partial charge on any atom is 0.273 e. The van der Waals surface area contributed by atoms with E-state index in [0.717, 1.165) is 4.68 Å². The number of ether oxygens (including phenoxy) is 1. The Hall–Kier alpha value is -4.66. The molecule has 0 aliphatic carbocycles. The lowest BCUT2D eigenvalue weighted by atomic mass is 10.2. The molecule has 0 spiro atoms. The molecule has 3 aromatic carbocycles. The second-order valence-electron chi connectivity index (χ2n) is 7.19. The number of benzene rings is 3. The van der Waals surface area contributed by atoms with Gasteiger partial charge in [-0.2, -0.15) is 0 Å². The molecular weight excluding hydrogens is 424 g/mol. The average Bonchev–Trinajstić information content (AvgIpc) is 2.83. The van der Waals surface area contributed by atoms with Crippen LogP contribution in [0.2, 0.25) is 0 Å². The highest BCUT2D eigenvalue weighted by Gasteiger charge is 2.11. The van der Waals surface area contributed by atoms with Crippen molar-refractivity contribution < 1.29 is 14.3 Å². The fourth-order valence-corrected chi connectivity index (χ4v) is 3.28. The Morgan fingerprint density at radius 1 is 0.848 bits per heavy atom. The molecule has 0 radical (unpaired) electrons. The zero-order chi connectivity index (χ0) is 23.4. The summed E-state index contributed by atoms with van der Waals surface area (Å²) in [5, 5.41) is 8.34. The molecule has 9 nitrogen and oxygen atoms in total. The molecule has 1 aromatic heterocycles. The summed E-state index contributed by atoms with van der Waals surface area (Å²) < 4.78 is 6.06. The molecular formula is C24H20N4O5. The first kappa shape index (κ1) is 21.6. The first-order valence-corrected chi connectivity index (χ1v) is 10.0. The van der Waals surface area contributed by atoms with Crippen LogP contribution >= 0.6 is 0 Å². The molecule has 0 atom stereocenters. The number of hydrogen-bond acceptors (Lipinski definition) is 5. The normalized spacial score (nSPS) is 10.6. The van der Waals surface area contributed by atoms with Gasteiger partial charge >= 0.3 is 0 Å². The summed E-state index contributed by atoms with van der Waals surface area (Å²) in [7, 11) is 1.56. The smallest absolute Gasteiger partial charge is 0.273 e. The topological polar surface area (TPSA) is 122 Å². The standard InChI is InChI=1S/C24H20N4O5/c1-33-18-12-10-17(11-13-18)26-22(30)15-6-8-16(9-7-15)25-21(29)14-28-24(32)20-5-3-2-4-19(20)23(31)27-28/h2-13H,14H2,1H3,(H,25,29)(H,26,30)(H,27,31). The van der Waals surface area contributed by atoms with Gasteiger partial charge < -0.3 is 15.4 Å². The molecule has 0 saturated heterocycles. The molecule has 3 N–H and O–H groups in total. The molecule has 9 heteroatoms. The fraction of sp³-hybridized carbons (Fsp3) is 0.0833. The van der Waals surface area contributed by atoms with Gasteiger partial charge in [0.15, 0.2) is 0 Å². The Kier molecular flexibility index (Phi) is 6.03. The van der Waals surface area contributed by atoms with E-state index >= 15 is 0 Å². The largest absolute Gasteiger partial charge is 0.497 e. The van der Waals surface area contributed by atoms with Crippen LogP contribution in [0.4, 0.5) is 11.4 Å². The molecule has 2 amide bonds. The molecule has 0 saturated carbocycles. The van der Waals surface area contributed by atoms with E-state index in [2.05, 4.69) is 15.7 Å². The lowest BCUT2D eigenvalue weighted by molar-refractivity contribution is -0.117. The summed E-state index contributed by atoms with van der Waals surface area (Å²) >= 11 is 0. The van der Waals surface area contributed by atoms with Crippen molar-refractivity contribution >= 4 is 34.0 Å².